The molecule has 9 heteroatoms. The number of anilines is 1. The number of rotatable bonds is 4. The molecule has 2 aromatic carbocycles. The molecule has 0 atom stereocenters. The van der Waals surface area contributed by atoms with Crippen LogP contribution >= 0.6 is 11.3 Å². The van der Waals surface area contributed by atoms with Crippen LogP contribution in [0.3, 0.4) is 0 Å². The van der Waals surface area contributed by atoms with Gasteiger partial charge in [0.1, 0.15) is 11.3 Å². The normalized spacial score (nSPS) is 11.6. The van der Waals surface area contributed by atoms with E-state index < -0.39 is 27.4 Å². The van der Waals surface area contributed by atoms with Gasteiger partial charge in [-0.3, -0.25) is 10.1 Å². The number of carbonyl (C=O) groups is 1. The van der Waals surface area contributed by atoms with Crippen LogP contribution < -0.4 is 5.32 Å². The highest BCUT2D eigenvalue weighted by molar-refractivity contribution is 7.89. The van der Waals surface area contributed by atoms with Crippen LogP contribution in [0.25, 0.3) is 10.2 Å². The van der Waals surface area contributed by atoms with Gasteiger partial charge >= 0.3 is 0 Å². The van der Waals surface area contributed by atoms with Crippen LogP contribution in [0, 0.1) is 11.6 Å². The van der Waals surface area contributed by atoms with Crippen molar-refractivity contribution in [3.8, 4) is 0 Å². The molecule has 0 aliphatic carbocycles. The SMILES string of the molecule is CS(=O)(=O)Cc1cccc(C(=O)Nc2nc3c(F)cc(F)cc3s2)c1. The van der Waals surface area contributed by atoms with E-state index in [2.05, 4.69) is 10.3 Å². The summed E-state index contributed by atoms with van der Waals surface area (Å²) in [7, 11) is -3.22. The van der Waals surface area contributed by atoms with Gasteiger partial charge in [0, 0.05) is 17.9 Å². The Morgan fingerprint density at radius 3 is 2.72 bits per heavy atom. The Morgan fingerprint density at radius 2 is 2.00 bits per heavy atom. The second kappa shape index (κ2) is 6.49. The molecule has 0 aliphatic heterocycles. The first-order valence-corrected chi connectivity index (χ1v) is 9.92. The summed E-state index contributed by atoms with van der Waals surface area (Å²) >= 11 is 0.944. The van der Waals surface area contributed by atoms with Crippen LogP contribution in [-0.2, 0) is 15.6 Å². The minimum absolute atomic E-state index is 0.0208. The van der Waals surface area contributed by atoms with Crippen molar-refractivity contribution in [3.05, 3.63) is 59.2 Å². The van der Waals surface area contributed by atoms with Gasteiger partial charge < -0.3 is 0 Å². The molecule has 0 aliphatic rings. The molecule has 0 saturated heterocycles. The fourth-order valence-electron chi connectivity index (χ4n) is 2.29. The number of hydrogen-bond acceptors (Lipinski definition) is 5. The first-order valence-electron chi connectivity index (χ1n) is 7.05. The van der Waals surface area contributed by atoms with E-state index in [-0.39, 0.29) is 26.7 Å². The lowest BCUT2D eigenvalue weighted by Gasteiger charge is -2.04. The van der Waals surface area contributed by atoms with Gasteiger partial charge in [0.25, 0.3) is 5.91 Å². The number of fused-ring (bicyclic) bond motifs is 1. The number of sulfone groups is 1. The van der Waals surface area contributed by atoms with Gasteiger partial charge in [0.15, 0.2) is 20.8 Å². The summed E-state index contributed by atoms with van der Waals surface area (Å²) < 4.78 is 49.9. The average molecular weight is 382 g/mol. The summed E-state index contributed by atoms with van der Waals surface area (Å²) in [4.78, 5) is 16.2. The number of amides is 1. The van der Waals surface area contributed by atoms with Crippen LogP contribution in [0.15, 0.2) is 36.4 Å². The maximum atomic E-state index is 13.7. The van der Waals surface area contributed by atoms with Crippen molar-refractivity contribution < 1.29 is 22.0 Å². The van der Waals surface area contributed by atoms with Crippen molar-refractivity contribution in [2.24, 2.45) is 0 Å². The van der Waals surface area contributed by atoms with Crippen molar-refractivity contribution in [2.75, 3.05) is 11.6 Å². The highest BCUT2D eigenvalue weighted by Gasteiger charge is 2.14. The minimum Gasteiger partial charge on any atom is -0.298 e. The minimum atomic E-state index is -3.22. The van der Waals surface area contributed by atoms with Crippen molar-refractivity contribution in [1.29, 1.82) is 0 Å². The van der Waals surface area contributed by atoms with Gasteiger partial charge in [-0.05, 0) is 23.8 Å². The molecule has 1 heterocycles. The Balaban J connectivity index is 1.85. The van der Waals surface area contributed by atoms with Crippen LogP contribution in [0.1, 0.15) is 15.9 Å². The monoisotopic (exact) mass is 382 g/mol. The molecule has 0 radical (unpaired) electrons. The van der Waals surface area contributed by atoms with E-state index in [1.54, 1.807) is 12.1 Å². The number of hydrogen-bond donors (Lipinski definition) is 1. The quantitative estimate of drug-likeness (QED) is 0.751. The van der Waals surface area contributed by atoms with Crippen LogP contribution in [0.5, 0.6) is 0 Å². The number of benzene rings is 2. The summed E-state index contributed by atoms with van der Waals surface area (Å²) in [6, 6.07) is 8.02. The van der Waals surface area contributed by atoms with Crippen molar-refractivity contribution >= 4 is 42.4 Å². The van der Waals surface area contributed by atoms with Crippen LogP contribution in [0.2, 0.25) is 0 Å². The third-order valence-corrected chi connectivity index (χ3v) is 5.03. The van der Waals surface area contributed by atoms with E-state index in [4.69, 9.17) is 0 Å². The zero-order valence-corrected chi connectivity index (χ0v) is 14.5. The molecule has 1 N–H and O–H groups in total. The van der Waals surface area contributed by atoms with E-state index in [1.165, 1.54) is 12.1 Å². The zero-order valence-electron chi connectivity index (χ0n) is 12.9. The molecule has 3 aromatic rings. The Labute approximate surface area is 146 Å². The van der Waals surface area contributed by atoms with E-state index in [9.17, 15) is 22.0 Å². The molecule has 5 nitrogen and oxygen atoms in total. The average Bonchev–Trinajstić information content (AvgIpc) is 2.88. The Hall–Kier alpha value is -2.39. The number of nitrogens with one attached hydrogen (secondary N) is 1. The van der Waals surface area contributed by atoms with E-state index in [1.807, 2.05) is 0 Å². The molecule has 0 spiro atoms. The van der Waals surface area contributed by atoms with Crippen molar-refractivity contribution in [1.82, 2.24) is 4.98 Å². The van der Waals surface area contributed by atoms with Gasteiger partial charge in [0.05, 0.1) is 10.5 Å². The van der Waals surface area contributed by atoms with Crippen LogP contribution in [-0.4, -0.2) is 25.6 Å². The molecular weight excluding hydrogens is 370 g/mol. The first-order chi connectivity index (χ1) is 11.7. The smallest absolute Gasteiger partial charge is 0.257 e. The molecule has 1 amide bonds. The van der Waals surface area contributed by atoms with Gasteiger partial charge in [-0.25, -0.2) is 22.2 Å². The molecule has 1 aromatic heterocycles. The lowest BCUT2D eigenvalue weighted by molar-refractivity contribution is 0.102. The number of halogens is 2. The van der Waals surface area contributed by atoms with E-state index in [0.717, 1.165) is 29.7 Å². The summed E-state index contributed by atoms with van der Waals surface area (Å²) in [5.74, 6) is -2.23. The fourth-order valence-corrected chi connectivity index (χ4v) is 3.97. The Kier molecular flexibility index (Phi) is 4.53. The highest BCUT2D eigenvalue weighted by atomic mass is 32.2. The van der Waals surface area contributed by atoms with Gasteiger partial charge in [0.2, 0.25) is 0 Å². The maximum Gasteiger partial charge on any atom is 0.257 e. The predicted molar refractivity (Wildman–Crippen MR) is 92.5 cm³/mol. The summed E-state index contributed by atoms with van der Waals surface area (Å²) in [5.41, 5.74) is 0.701. The van der Waals surface area contributed by atoms with Crippen molar-refractivity contribution in [3.63, 3.8) is 0 Å². The third-order valence-electron chi connectivity index (χ3n) is 3.25. The Morgan fingerprint density at radius 1 is 1.24 bits per heavy atom. The predicted octanol–water partition coefficient (Wildman–Crippen LogP) is 3.37. The Bertz CT molecular complexity index is 1080. The lowest BCUT2D eigenvalue weighted by atomic mass is 10.1. The third kappa shape index (κ3) is 4.18. The lowest BCUT2D eigenvalue weighted by Crippen LogP contribution is -2.12. The number of aromatic nitrogens is 1. The highest BCUT2D eigenvalue weighted by Crippen LogP contribution is 2.29. The largest absolute Gasteiger partial charge is 0.298 e. The first kappa shape index (κ1) is 17.4. The van der Waals surface area contributed by atoms with Gasteiger partial charge in [-0.1, -0.05) is 23.5 Å². The molecule has 0 unspecified atom stereocenters. The second-order valence-corrected chi connectivity index (χ2v) is 8.65. The van der Waals surface area contributed by atoms with Crippen LogP contribution in [0.4, 0.5) is 13.9 Å². The molecule has 0 fully saturated rings. The number of nitrogens with zero attached hydrogens (tertiary/aromatic N) is 1. The summed E-state index contributed by atoms with van der Waals surface area (Å²) in [5, 5.41) is 2.64. The maximum absolute atomic E-state index is 13.7. The number of carbonyl (C=O) groups excluding carboxylic acids is 1. The molecular formula is C16H12F2N2O3S2. The van der Waals surface area contributed by atoms with Gasteiger partial charge in [-0.15, -0.1) is 0 Å². The topological polar surface area (TPSA) is 76.1 Å². The summed E-state index contributed by atoms with van der Waals surface area (Å²) in [6.45, 7) is 0. The zero-order chi connectivity index (χ0) is 18.2. The fraction of sp³-hybridized carbons (Fsp3) is 0.125. The van der Waals surface area contributed by atoms with E-state index in [0.29, 0.717) is 5.56 Å². The number of thiazole rings is 1. The summed E-state index contributed by atoms with van der Waals surface area (Å²) in [6.07, 6.45) is 1.11. The van der Waals surface area contributed by atoms with Gasteiger partial charge in [-0.2, -0.15) is 0 Å². The molecule has 0 bridgehead atoms. The van der Waals surface area contributed by atoms with Crippen molar-refractivity contribution in [2.45, 2.75) is 5.75 Å². The molecule has 130 valence electrons. The molecule has 25 heavy (non-hydrogen) atoms. The van der Waals surface area contributed by atoms with E-state index >= 15 is 0 Å². The second-order valence-electron chi connectivity index (χ2n) is 5.48. The standard InChI is InChI=1S/C16H12F2N2O3S2/c1-25(22,23)8-9-3-2-4-10(5-9)15(21)20-16-19-14-12(18)6-11(17)7-13(14)24-16/h2-7H,8H2,1H3,(H,19,20,21). The molecule has 0 saturated carbocycles. The molecule has 3 rings (SSSR count).